The fourth-order valence-corrected chi connectivity index (χ4v) is 3.95. The lowest BCUT2D eigenvalue weighted by atomic mass is 9.92. The first kappa shape index (κ1) is 17.5. The third-order valence-electron chi connectivity index (χ3n) is 5.43. The second kappa shape index (κ2) is 6.86. The van der Waals surface area contributed by atoms with E-state index in [4.69, 9.17) is 0 Å². The van der Waals surface area contributed by atoms with E-state index in [0.29, 0.717) is 37.9 Å². The highest BCUT2D eigenvalue weighted by atomic mass is 16.4. The molecule has 1 unspecified atom stereocenters. The number of carboxylic acid groups (broad SMARTS) is 1. The summed E-state index contributed by atoms with van der Waals surface area (Å²) in [6.45, 7) is 3.16. The Hall–Kier alpha value is -2.37. The number of carbonyl (C=O) groups excluding carboxylic acids is 2. The van der Waals surface area contributed by atoms with Crippen molar-refractivity contribution in [3.05, 3.63) is 35.9 Å². The first-order valence-corrected chi connectivity index (χ1v) is 8.82. The summed E-state index contributed by atoms with van der Waals surface area (Å²) in [6.07, 6.45) is 2.67. The Morgan fingerprint density at radius 2 is 1.84 bits per heavy atom. The van der Waals surface area contributed by atoms with Gasteiger partial charge in [0.15, 0.2) is 0 Å². The van der Waals surface area contributed by atoms with Gasteiger partial charge in [-0.3, -0.25) is 14.4 Å². The van der Waals surface area contributed by atoms with E-state index >= 15 is 0 Å². The molecule has 2 heterocycles. The van der Waals surface area contributed by atoms with Gasteiger partial charge in [-0.15, -0.1) is 0 Å². The molecule has 2 atom stereocenters. The van der Waals surface area contributed by atoms with Crippen molar-refractivity contribution in [2.45, 2.75) is 38.1 Å². The van der Waals surface area contributed by atoms with Crippen molar-refractivity contribution in [1.29, 1.82) is 0 Å². The topological polar surface area (TPSA) is 77.9 Å². The van der Waals surface area contributed by atoms with Gasteiger partial charge in [0, 0.05) is 25.2 Å². The Morgan fingerprint density at radius 1 is 1.12 bits per heavy atom. The maximum atomic E-state index is 13.2. The van der Waals surface area contributed by atoms with Crippen molar-refractivity contribution in [2.75, 3.05) is 19.6 Å². The Labute approximate surface area is 147 Å². The molecule has 25 heavy (non-hydrogen) atoms. The highest BCUT2D eigenvalue weighted by Gasteiger charge is 2.48. The Bertz CT molecular complexity index is 675. The molecule has 6 heteroatoms. The van der Waals surface area contributed by atoms with Gasteiger partial charge < -0.3 is 14.9 Å². The lowest BCUT2D eigenvalue weighted by molar-refractivity contribution is -0.149. The number of rotatable bonds is 3. The smallest absolute Gasteiger partial charge is 0.308 e. The molecule has 0 aromatic heterocycles. The van der Waals surface area contributed by atoms with E-state index in [1.807, 2.05) is 25.1 Å². The summed E-state index contributed by atoms with van der Waals surface area (Å²) in [5.74, 6) is -1.63. The van der Waals surface area contributed by atoms with Crippen molar-refractivity contribution in [3.63, 3.8) is 0 Å². The molecule has 1 aromatic rings. The Kier molecular flexibility index (Phi) is 4.79. The van der Waals surface area contributed by atoms with Crippen LogP contribution in [0.15, 0.2) is 30.3 Å². The molecule has 2 fully saturated rings. The van der Waals surface area contributed by atoms with E-state index in [0.717, 1.165) is 6.42 Å². The maximum Gasteiger partial charge on any atom is 0.308 e. The fourth-order valence-electron chi connectivity index (χ4n) is 3.95. The summed E-state index contributed by atoms with van der Waals surface area (Å²) in [6, 6.07) is 8.99. The van der Waals surface area contributed by atoms with E-state index in [1.54, 1.807) is 21.9 Å². The van der Waals surface area contributed by atoms with Crippen LogP contribution in [-0.2, 0) is 9.59 Å². The second-order valence-electron chi connectivity index (χ2n) is 7.13. The van der Waals surface area contributed by atoms with Crippen LogP contribution in [0.1, 0.15) is 43.0 Å². The SMILES string of the molecule is CC1(C(=O)N2CCC[C@H](C(=O)O)C2)CCCN1C(=O)c1ccccc1. The molecule has 0 saturated carbocycles. The molecule has 2 saturated heterocycles. The molecule has 2 aliphatic rings. The first-order valence-electron chi connectivity index (χ1n) is 8.82. The van der Waals surface area contributed by atoms with Gasteiger partial charge in [-0.25, -0.2) is 0 Å². The van der Waals surface area contributed by atoms with Gasteiger partial charge in [0.25, 0.3) is 5.91 Å². The highest BCUT2D eigenvalue weighted by Crippen LogP contribution is 2.33. The van der Waals surface area contributed by atoms with E-state index in [9.17, 15) is 19.5 Å². The molecule has 3 rings (SSSR count). The molecule has 0 bridgehead atoms. The van der Waals surface area contributed by atoms with E-state index in [-0.39, 0.29) is 18.4 Å². The van der Waals surface area contributed by atoms with Gasteiger partial charge in [-0.2, -0.15) is 0 Å². The quantitative estimate of drug-likeness (QED) is 0.910. The minimum Gasteiger partial charge on any atom is -0.481 e. The van der Waals surface area contributed by atoms with Crippen LogP contribution in [0.4, 0.5) is 0 Å². The molecular formula is C19H24N2O4. The number of likely N-dealkylation sites (tertiary alicyclic amines) is 2. The number of benzene rings is 1. The zero-order chi connectivity index (χ0) is 18.0. The van der Waals surface area contributed by atoms with Gasteiger partial charge >= 0.3 is 5.97 Å². The Balaban J connectivity index is 1.80. The van der Waals surface area contributed by atoms with Gasteiger partial charge in [-0.1, -0.05) is 18.2 Å². The van der Waals surface area contributed by atoms with E-state index in [2.05, 4.69) is 0 Å². The number of aliphatic carboxylic acids is 1. The summed E-state index contributed by atoms with van der Waals surface area (Å²) in [5.41, 5.74) is -0.321. The van der Waals surface area contributed by atoms with Crippen LogP contribution >= 0.6 is 0 Å². The molecule has 1 N–H and O–H groups in total. The van der Waals surface area contributed by atoms with Crippen LogP contribution < -0.4 is 0 Å². The molecule has 1 aromatic carbocycles. The maximum absolute atomic E-state index is 13.2. The zero-order valence-corrected chi connectivity index (χ0v) is 14.5. The van der Waals surface area contributed by atoms with Crippen LogP contribution in [0.25, 0.3) is 0 Å². The molecule has 6 nitrogen and oxygen atoms in total. The highest BCUT2D eigenvalue weighted by molar-refractivity contribution is 5.99. The average Bonchev–Trinajstić information content (AvgIpc) is 3.04. The van der Waals surface area contributed by atoms with Crippen molar-refractivity contribution in [2.24, 2.45) is 5.92 Å². The van der Waals surface area contributed by atoms with Crippen molar-refractivity contribution >= 4 is 17.8 Å². The standard InChI is InChI=1S/C19H24N2O4/c1-19(18(25)20-11-5-9-15(13-20)17(23)24)10-6-12-21(19)16(22)14-7-3-2-4-8-14/h2-4,7-8,15H,5-6,9-13H2,1H3,(H,23,24)/t15-,19?/m0/s1. The van der Waals surface area contributed by atoms with Gasteiger partial charge in [0.2, 0.25) is 5.91 Å². The minimum atomic E-state index is -0.896. The molecule has 2 amide bonds. The largest absolute Gasteiger partial charge is 0.481 e. The number of carbonyl (C=O) groups is 3. The number of piperidine rings is 1. The number of carboxylic acids is 1. The molecule has 134 valence electrons. The minimum absolute atomic E-state index is 0.125. The lowest BCUT2D eigenvalue weighted by Crippen LogP contribution is -2.58. The van der Waals surface area contributed by atoms with Crippen molar-refractivity contribution < 1.29 is 19.5 Å². The van der Waals surface area contributed by atoms with Crippen LogP contribution in [0.5, 0.6) is 0 Å². The van der Waals surface area contributed by atoms with Gasteiger partial charge in [-0.05, 0) is 44.7 Å². The predicted octanol–water partition coefficient (Wildman–Crippen LogP) is 2.00. The predicted molar refractivity (Wildman–Crippen MR) is 92.1 cm³/mol. The molecule has 2 aliphatic heterocycles. The summed E-state index contributed by atoms with van der Waals surface area (Å²) < 4.78 is 0. The summed E-state index contributed by atoms with van der Waals surface area (Å²) >= 11 is 0. The first-order chi connectivity index (χ1) is 11.9. The fraction of sp³-hybridized carbons (Fsp3) is 0.526. The van der Waals surface area contributed by atoms with Crippen molar-refractivity contribution in [3.8, 4) is 0 Å². The van der Waals surface area contributed by atoms with Crippen LogP contribution in [0, 0.1) is 5.92 Å². The average molecular weight is 344 g/mol. The lowest BCUT2D eigenvalue weighted by Gasteiger charge is -2.40. The summed E-state index contributed by atoms with van der Waals surface area (Å²) in [7, 11) is 0. The zero-order valence-electron chi connectivity index (χ0n) is 14.5. The molecule has 0 aliphatic carbocycles. The second-order valence-corrected chi connectivity index (χ2v) is 7.13. The molecule has 0 spiro atoms. The van der Waals surface area contributed by atoms with Gasteiger partial charge in [0.1, 0.15) is 5.54 Å². The van der Waals surface area contributed by atoms with Crippen LogP contribution in [0.2, 0.25) is 0 Å². The third-order valence-corrected chi connectivity index (χ3v) is 5.43. The van der Waals surface area contributed by atoms with E-state index < -0.39 is 17.4 Å². The normalized spacial score (nSPS) is 26.5. The monoisotopic (exact) mass is 344 g/mol. The van der Waals surface area contributed by atoms with Crippen molar-refractivity contribution in [1.82, 2.24) is 9.80 Å². The number of hydrogen-bond donors (Lipinski definition) is 1. The molecule has 0 radical (unpaired) electrons. The van der Waals surface area contributed by atoms with E-state index in [1.165, 1.54) is 0 Å². The van der Waals surface area contributed by atoms with Crippen LogP contribution in [-0.4, -0.2) is 57.9 Å². The molecular weight excluding hydrogens is 320 g/mol. The Morgan fingerprint density at radius 3 is 2.52 bits per heavy atom. The number of nitrogens with zero attached hydrogens (tertiary/aromatic N) is 2. The summed E-state index contributed by atoms with van der Waals surface area (Å²) in [4.78, 5) is 40.6. The van der Waals surface area contributed by atoms with Crippen LogP contribution in [0.3, 0.4) is 0 Å². The summed E-state index contributed by atoms with van der Waals surface area (Å²) in [5, 5.41) is 9.25. The number of amides is 2. The number of hydrogen-bond acceptors (Lipinski definition) is 3. The van der Waals surface area contributed by atoms with Gasteiger partial charge in [0.05, 0.1) is 5.92 Å². The third kappa shape index (κ3) is 3.25.